The first-order chi connectivity index (χ1) is 6.87. The summed E-state index contributed by atoms with van der Waals surface area (Å²) in [5.74, 6) is -0.990. The van der Waals surface area contributed by atoms with E-state index in [4.69, 9.17) is 10.8 Å². The van der Waals surface area contributed by atoms with Gasteiger partial charge in [-0.05, 0) is 24.1 Å². The molecule has 15 heavy (non-hydrogen) atoms. The van der Waals surface area contributed by atoms with Gasteiger partial charge >= 0.3 is 5.97 Å². The Morgan fingerprint density at radius 1 is 1.60 bits per heavy atom. The van der Waals surface area contributed by atoms with E-state index in [-0.39, 0.29) is 0 Å². The molecule has 4 heteroatoms. The van der Waals surface area contributed by atoms with Gasteiger partial charge in [0, 0.05) is 17.8 Å². The van der Waals surface area contributed by atoms with Gasteiger partial charge in [0.2, 0.25) is 0 Å². The lowest BCUT2D eigenvalue weighted by molar-refractivity contribution is -0.140. The van der Waals surface area contributed by atoms with Crippen molar-refractivity contribution in [2.45, 2.75) is 32.2 Å². The Morgan fingerprint density at radius 3 is 2.67 bits per heavy atom. The summed E-state index contributed by atoms with van der Waals surface area (Å²) in [6.07, 6.45) is 3.37. The van der Waals surface area contributed by atoms with Crippen LogP contribution in [0.15, 0.2) is 18.5 Å². The van der Waals surface area contributed by atoms with Gasteiger partial charge in [-0.1, -0.05) is 13.8 Å². The van der Waals surface area contributed by atoms with E-state index in [0.29, 0.717) is 0 Å². The van der Waals surface area contributed by atoms with Crippen molar-refractivity contribution in [3.05, 3.63) is 29.6 Å². The smallest absolute Gasteiger partial charge is 0.321 e. The largest absolute Gasteiger partial charge is 0.480 e. The zero-order chi connectivity index (χ0) is 11.6. The topological polar surface area (TPSA) is 76.2 Å². The van der Waals surface area contributed by atoms with E-state index < -0.39 is 17.4 Å². The lowest BCUT2D eigenvalue weighted by atomic mass is 9.77. The summed E-state index contributed by atoms with van der Waals surface area (Å²) < 4.78 is 0. The van der Waals surface area contributed by atoms with Gasteiger partial charge in [0.1, 0.15) is 6.04 Å². The molecule has 4 nitrogen and oxygen atoms in total. The van der Waals surface area contributed by atoms with Crippen LogP contribution in [0.1, 0.15) is 25.0 Å². The molecule has 0 aliphatic carbocycles. The van der Waals surface area contributed by atoms with Crippen molar-refractivity contribution in [2.75, 3.05) is 0 Å². The standard InChI is InChI=1S/C11H16N2O2/c1-7-6-13-5-4-8(7)11(2,3)9(12)10(14)15/h4-6,9H,12H2,1-3H3,(H,14,15). The molecule has 1 rings (SSSR count). The third-order valence-corrected chi connectivity index (χ3v) is 2.76. The van der Waals surface area contributed by atoms with Gasteiger partial charge in [-0.15, -0.1) is 0 Å². The van der Waals surface area contributed by atoms with Crippen molar-refractivity contribution in [1.29, 1.82) is 0 Å². The normalized spacial score (nSPS) is 13.6. The fraction of sp³-hybridized carbons (Fsp3) is 0.455. The second kappa shape index (κ2) is 3.98. The van der Waals surface area contributed by atoms with E-state index >= 15 is 0 Å². The molecular weight excluding hydrogens is 192 g/mol. The second-order valence-electron chi connectivity index (χ2n) is 4.23. The van der Waals surface area contributed by atoms with Crippen molar-refractivity contribution in [3.63, 3.8) is 0 Å². The molecule has 0 aromatic carbocycles. The summed E-state index contributed by atoms with van der Waals surface area (Å²) in [7, 11) is 0. The number of aliphatic carboxylic acids is 1. The van der Waals surface area contributed by atoms with Crippen molar-refractivity contribution < 1.29 is 9.90 Å². The minimum atomic E-state index is -0.990. The maximum atomic E-state index is 10.9. The third-order valence-electron chi connectivity index (χ3n) is 2.76. The first kappa shape index (κ1) is 11.7. The first-order valence-corrected chi connectivity index (χ1v) is 4.77. The Morgan fingerprint density at radius 2 is 2.20 bits per heavy atom. The van der Waals surface area contributed by atoms with Crippen LogP contribution in [0.4, 0.5) is 0 Å². The van der Waals surface area contributed by atoms with Gasteiger partial charge in [0.05, 0.1) is 0 Å². The highest BCUT2D eigenvalue weighted by Gasteiger charge is 2.34. The number of hydrogen-bond acceptors (Lipinski definition) is 3. The molecular formula is C11H16N2O2. The predicted molar refractivity (Wildman–Crippen MR) is 57.6 cm³/mol. The number of hydrogen-bond donors (Lipinski definition) is 2. The van der Waals surface area contributed by atoms with Crippen molar-refractivity contribution in [1.82, 2.24) is 4.98 Å². The minimum Gasteiger partial charge on any atom is -0.480 e. The van der Waals surface area contributed by atoms with Crippen molar-refractivity contribution >= 4 is 5.97 Å². The number of nitrogens with two attached hydrogens (primary N) is 1. The van der Waals surface area contributed by atoms with Crippen molar-refractivity contribution in [2.24, 2.45) is 5.73 Å². The summed E-state index contributed by atoms with van der Waals surface area (Å²) in [5.41, 5.74) is 6.96. The second-order valence-corrected chi connectivity index (χ2v) is 4.23. The molecule has 1 atom stereocenters. The monoisotopic (exact) mass is 208 g/mol. The molecule has 0 saturated carbocycles. The Kier molecular flexibility index (Phi) is 3.09. The molecule has 1 unspecified atom stereocenters. The molecule has 1 aromatic heterocycles. The molecule has 0 amide bonds. The quantitative estimate of drug-likeness (QED) is 0.779. The van der Waals surface area contributed by atoms with Crippen LogP contribution in [0, 0.1) is 6.92 Å². The highest BCUT2D eigenvalue weighted by molar-refractivity contribution is 5.75. The fourth-order valence-electron chi connectivity index (χ4n) is 1.67. The van der Waals surface area contributed by atoms with Crippen LogP contribution in [-0.2, 0) is 10.2 Å². The SMILES string of the molecule is Cc1cnccc1C(C)(C)C(N)C(=O)O. The summed E-state index contributed by atoms with van der Waals surface area (Å²) in [6.45, 7) is 5.56. The number of aryl methyl sites for hydroxylation is 1. The van der Waals surface area contributed by atoms with Crippen LogP contribution < -0.4 is 5.73 Å². The fourth-order valence-corrected chi connectivity index (χ4v) is 1.67. The summed E-state index contributed by atoms with van der Waals surface area (Å²) >= 11 is 0. The van der Waals surface area contributed by atoms with Crippen LogP contribution in [0.25, 0.3) is 0 Å². The molecule has 0 aliphatic rings. The van der Waals surface area contributed by atoms with E-state index in [0.717, 1.165) is 11.1 Å². The number of carboxylic acid groups (broad SMARTS) is 1. The average molecular weight is 208 g/mol. The number of pyridine rings is 1. The van der Waals surface area contributed by atoms with E-state index in [1.54, 1.807) is 12.4 Å². The maximum Gasteiger partial charge on any atom is 0.321 e. The van der Waals surface area contributed by atoms with Crippen LogP contribution in [0.3, 0.4) is 0 Å². The summed E-state index contributed by atoms with van der Waals surface area (Å²) in [6, 6.07) is 0.900. The zero-order valence-corrected chi connectivity index (χ0v) is 9.19. The third kappa shape index (κ3) is 2.15. The lowest BCUT2D eigenvalue weighted by Crippen LogP contribution is -2.47. The highest BCUT2D eigenvalue weighted by Crippen LogP contribution is 2.28. The van der Waals surface area contributed by atoms with Crippen LogP contribution in [-0.4, -0.2) is 22.1 Å². The van der Waals surface area contributed by atoms with E-state index in [9.17, 15) is 4.79 Å². The highest BCUT2D eigenvalue weighted by atomic mass is 16.4. The molecule has 0 saturated heterocycles. The van der Waals surface area contributed by atoms with Gasteiger partial charge in [-0.25, -0.2) is 0 Å². The number of nitrogens with zero attached hydrogens (tertiary/aromatic N) is 1. The Hall–Kier alpha value is -1.42. The Balaban J connectivity index is 3.16. The van der Waals surface area contributed by atoms with Gasteiger partial charge in [-0.3, -0.25) is 9.78 Å². The van der Waals surface area contributed by atoms with Gasteiger partial charge in [0.25, 0.3) is 0 Å². The molecule has 0 bridgehead atoms. The van der Waals surface area contributed by atoms with Crippen LogP contribution in [0.2, 0.25) is 0 Å². The molecule has 0 fully saturated rings. The zero-order valence-electron chi connectivity index (χ0n) is 9.19. The van der Waals surface area contributed by atoms with Crippen LogP contribution >= 0.6 is 0 Å². The Labute approximate surface area is 89.1 Å². The first-order valence-electron chi connectivity index (χ1n) is 4.77. The van der Waals surface area contributed by atoms with E-state index in [2.05, 4.69) is 4.98 Å². The average Bonchev–Trinajstić information content (AvgIpc) is 2.16. The number of carbonyl (C=O) groups is 1. The van der Waals surface area contributed by atoms with Crippen LogP contribution in [0.5, 0.6) is 0 Å². The van der Waals surface area contributed by atoms with Gasteiger partial charge in [0.15, 0.2) is 0 Å². The molecule has 82 valence electrons. The van der Waals surface area contributed by atoms with Gasteiger partial charge in [-0.2, -0.15) is 0 Å². The molecule has 0 aliphatic heterocycles. The molecule has 3 N–H and O–H groups in total. The molecule has 1 aromatic rings. The van der Waals surface area contributed by atoms with E-state index in [1.165, 1.54) is 0 Å². The molecule has 1 heterocycles. The van der Waals surface area contributed by atoms with Crippen molar-refractivity contribution in [3.8, 4) is 0 Å². The summed E-state index contributed by atoms with van der Waals surface area (Å²) in [5, 5.41) is 8.93. The maximum absolute atomic E-state index is 10.9. The number of aromatic nitrogens is 1. The molecule has 0 radical (unpaired) electrons. The Bertz CT molecular complexity index is 375. The number of rotatable bonds is 3. The lowest BCUT2D eigenvalue weighted by Gasteiger charge is -2.30. The molecule has 0 spiro atoms. The van der Waals surface area contributed by atoms with E-state index in [1.807, 2.05) is 26.8 Å². The predicted octanol–water partition coefficient (Wildman–Crippen LogP) is 1.08. The van der Waals surface area contributed by atoms with Gasteiger partial charge < -0.3 is 10.8 Å². The minimum absolute atomic E-state index is 0.598. The number of carboxylic acids is 1. The summed E-state index contributed by atoms with van der Waals surface area (Å²) in [4.78, 5) is 14.9.